The maximum absolute atomic E-state index is 11.2. The molecule has 0 radical (unpaired) electrons. The zero-order valence-electron chi connectivity index (χ0n) is 9.68. The number of fused-ring (bicyclic) bond motifs is 1. The fraction of sp³-hybridized carbons (Fsp3) is 0.231. The Labute approximate surface area is 98.9 Å². The molecule has 0 bridgehead atoms. The molecule has 0 amide bonds. The van der Waals surface area contributed by atoms with Crippen LogP contribution in [0.4, 0.5) is 0 Å². The second-order valence-electron chi connectivity index (χ2n) is 3.99. The van der Waals surface area contributed by atoms with E-state index < -0.39 is 5.97 Å². The SMILES string of the molecule is CC(C)Oc1nccc2cccc(C(=O)O)c12. The van der Waals surface area contributed by atoms with Crippen LogP contribution in [0.3, 0.4) is 0 Å². The van der Waals surface area contributed by atoms with Crippen molar-refractivity contribution in [2.75, 3.05) is 0 Å². The van der Waals surface area contributed by atoms with E-state index in [1.807, 2.05) is 19.9 Å². The highest BCUT2D eigenvalue weighted by atomic mass is 16.5. The number of aromatic nitrogens is 1. The van der Waals surface area contributed by atoms with Gasteiger partial charge in [-0.15, -0.1) is 0 Å². The Hall–Kier alpha value is -2.10. The minimum Gasteiger partial charge on any atom is -0.478 e. The quantitative estimate of drug-likeness (QED) is 0.882. The van der Waals surface area contributed by atoms with Crippen LogP contribution < -0.4 is 4.74 Å². The molecule has 0 aliphatic carbocycles. The molecule has 4 heteroatoms. The highest BCUT2D eigenvalue weighted by Crippen LogP contribution is 2.27. The van der Waals surface area contributed by atoms with Crippen LogP contribution in [0.25, 0.3) is 10.8 Å². The summed E-state index contributed by atoms with van der Waals surface area (Å²) in [7, 11) is 0. The van der Waals surface area contributed by atoms with Crippen molar-refractivity contribution in [3.63, 3.8) is 0 Å². The molecule has 0 unspecified atom stereocenters. The Bertz CT molecular complexity index is 558. The minimum absolute atomic E-state index is 0.0463. The fourth-order valence-electron chi connectivity index (χ4n) is 1.69. The molecule has 2 aromatic rings. The smallest absolute Gasteiger partial charge is 0.336 e. The number of rotatable bonds is 3. The highest BCUT2D eigenvalue weighted by Gasteiger charge is 2.14. The number of benzene rings is 1. The number of carbonyl (C=O) groups is 1. The average Bonchev–Trinajstić information content (AvgIpc) is 2.27. The minimum atomic E-state index is -0.975. The van der Waals surface area contributed by atoms with Crippen LogP contribution in [0.1, 0.15) is 24.2 Å². The summed E-state index contributed by atoms with van der Waals surface area (Å²) in [6.45, 7) is 3.76. The van der Waals surface area contributed by atoms with Crippen LogP contribution >= 0.6 is 0 Å². The van der Waals surface area contributed by atoms with E-state index in [2.05, 4.69) is 4.98 Å². The van der Waals surface area contributed by atoms with E-state index in [-0.39, 0.29) is 11.7 Å². The lowest BCUT2D eigenvalue weighted by atomic mass is 10.1. The summed E-state index contributed by atoms with van der Waals surface area (Å²) >= 11 is 0. The monoisotopic (exact) mass is 231 g/mol. The van der Waals surface area contributed by atoms with Gasteiger partial charge in [0, 0.05) is 6.20 Å². The van der Waals surface area contributed by atoms with Crippen molar-refractivity contribution in [3.8, 4) is 5.88 Å². The number of ether oxygens (including phenoxy) is 1. The van der Waals surface area contributed by atoms with Crippen molar-refractivity contribution in [1.29, 1.82) is 0 Å². The normalized spacial score (nSPS) is 10.8. The first-order chi connectivity index (χ1) is 8.09. The van der Waals surface area contributed by atoms with Crippen LogP contribution in [0, 0.1) is 0 Å². The largest absolute Gasteiger partial charge is 0.478 e. The summed E-state index contributed by atoms with van der Waals surface area (Å²) in [5.74, 6) is -0.604. The van der Waals surface area contributed by atoms with Gasteiger partial charge >= 0.3 is 5.97 Å². The Kier molecular flexibility index (Phi) is 2.95. The summed E-state index contributed by atoms with van der Waals surface area (Å²) in [6.07, 6.45) is 1.57. The lowest BCUT2D eigenvalue weighted by Gasteiger charge is -2.12. The molecule has 1 heterocycles. The third-order valence-electron chi connectivity index (χ3n) is 2.33. The summed E-state index contributed by atoms with van der Waals surface area (Å²) in [6, 6.07) is 6.88. The van der Waals surface area contributed by atoms with Gasteiger partial charge in [-0.25, -0.2) is 9.78 Å². The van der Waals surface area contributed by atoms with Crippen molar-refractivity contribution < 1.29 is 14.6 Å². The summed E-state index contributed by atoms with van der Waals surface area (Å²) in [5.41, 5.74) is 0.214. The van der Waals surface area contributed by atoms with E-state index in [0.29, 0.717) is 11.3 Å². The first kappa shape index (κ1) is 11.4. The standard InChI is InChI=1S/C13H13NO3/c1-8(2)17-12-11-9(6-7-14-12)4-3-5-10(11)13(15)16/h3-8H,1-2H3,(H,15,16). The van der Waals surface area contributed by atoms with Gasteiger partial charge in [-0.1, -0.05) is 12.1 Å². The van der Waals surface area contributed by atoms with E-state index in [1.54, 1.807) is 24.4 Å². The first-order valence-corrected chi connectivity index (χ1v) is 5.37. The molecule has 0 fully saturated rings. The van der Waals surface area contributed by atoms with Gasteiger partial charge < -0.3 is 9.84 Å². The summed E-state index contributed by atoms with van der Waals surface area (Å²) in [5, 5.41) is 10.5. The van der Waals surface area contributed by atoms with Gasteiger partial charge in [0.2, 0.25) is 5.88 Å². The number of aromatic carboxylic acids is 1. The maximum Gasteiger partial charge on any atom is 0.336 e. The number of hydrogen-bond donors (Lipinski definition) is 1. The van der Waals surface area contributed by atoms with E-state index in [1.165, 1.54) is 0 Å². The maximum atomic E-state index is 11.2. The zero-order chi connectivity index (χ0) is 12.4. The van der Waals surface area contributed by atoms with E-state index in [9.17, 15) is 4.79 Å². The Balaban J connectivity index is 2.71. The van der Waals surface area contributed by atoms with Crippen molar-refractivity contribution in [1.82, 2.24) is 4.98 Å². The molecule has 2 rings (SSSR count). The van der Waals surface area contributed by atoms with Crippen molar-refractivity contribution >= 4 is 16.7 Å². The number of hydrogen-bond acceptors (Lipinski definition) is 3. The summed E-state index contributed by atoms with van der Waals surface area (Å²) < 4.78 is 5.54. The molecule has 4 nitrogen and oxygen atoms in total. The average molecular weight is 231 g/mol. The van der Waals surface area contributed by atoms with Crippen LogP contribution in [0.15, 0.2) is 30.5 Å². The molecule has 88 valence electrons. The zero-order valence-corrected chi connectivity index (χ0v) is 9.68. The summed E-state index contributed by atoms with van der Waals surface area (Å²) in [4.78, 5) is 15.3. The van der Waals surface area contributed by atoms with E-state index in [0.717, 1.165) is 5.39 Å². The lowest BCUT2D eigenvalue weighted by molar-refractivity contribution is 0.0698. The van der Waals surface area contributed by atoms with Crippen molar-refractivity contribution in [3.05, 3.63) is 36.0 Å². The van der Waals surface area contributed by atoms with Gasteiger partial charge in [0.15, 0.2) is 0 Å². The molecular formula is C13H13NO3. The van der Waals surface area contributed by atoms with E-state index in [4.69, 9.17) is 9.84 Å². The second kappa shape index (κ2) is 4.41. The predicted octanol–water partition coefficient (Wildman–Crippen LogP) is 2.72. The topological polar surface area (TPSA) is 59.4 Å². The molecule has 0 saturated heterocycles. The van der Waals surface area contributed by atoms with E-state index >= 15 is 0 Å². The van der Waals surface area contributed by atoms with Crippen LogP contribution in [-0.4, -0.2) is 22.2 Å². The third kappa shape index (κ3) is 2.20. The Morgan fingerprint density at radius 3 is 2.76 bits per heavy atom. The van der Waals surface area contributed by atoms with Crippen LogP contribution in [-0.2, 0) is 0 Å². The number of carboxylic acids is 1. The van der Waals surface area contributed by atoms with Crippen molar-refractivity contribution in [2.45, 2.75) is 20.0 Å². The third-order valence-corrected chi connectivity index (χ3v) is 2.33. The molecule has 1 aromatic carbocycles. The molecule has 0 aliphatic rings. The number of nitrogens with zero attached hydrogens (tertiary/aromatic N) is 1. The highest BCUT2D eigenvalue weighted by molar-refractivity contribution is 6.05. The number of pyridine rings is 1. The molecule has 1 aromatic heterocycles. The van der Waals surface area contributed by atoms with Crippen LogP contribution in [0.2, 0.25) is 0 Å². The first-order valence-electron chi connectivity index (χ1n) is 5.37. The van der Waals surface area contributed by atoms with Gasteiger partial charge in [0.1, 0.15) is 0 Å². The molecular weight excluding hydrogens is 218 g/mol. The predicted molar refractivity (Wildman–Crippen MR) is 64.5 cm³/mol. The van der Waals surface area contributed by atoms with Gasteiger partial charge in [0.25, 0.3) is 0 Å². The fourth-order valence-corrected chi connectivity index (χ4v) is 1.69. The molecule has 0 spiro atoms. The van der Waals surface area contributed by atoms with Gasteiger partial charge in [-0.2, -0.15) is 0 Å². The Morgan fingerprint density at radius 1 is 1.35 bits per heavy atom. The molecule has 17 heavy (non-hydrogen) atoms. The van der Waals surface area contributed by atoms with Gasteiger partial charge in [-0.3, -0.25) is 0 Å². The van der Waals surface area contributed by atoms with Crippen molar-refractivity contribution in [2.24, 2.45) is 0 Å². The molecule has 1 N–H and O–H groups in total. The second-order valence-corrected chi connectivity index (χ2v) is 3.99. The van der Waals surface area contributed by atoms with Crippen LogP contribution in [0.5, 0.6) is 5.88 Å². The lowest BCUT2D eigenvalue weighted by Crippen LogP contribution is -2.08. The molecule has 0 saturated carbocycles. The molecule has 0 aliphatic heterocycles. The van der Waals surface area contributed by atoms with Gasteiger partial charge in [0.05, 0.1) is 17.1 Å². The van der Waals surface area contributed by atoms with Gasteiger partial charge in [-0.05, 0) is 31.4 Å². The molecule has 0 atom stereocenters. The Morgan fingerprint density at radius 2 is 2.12 bits per heavy atom. The number of carboxylic acid groups (broad SMARTS) is 1.